The predicted octanol–water partition coefficient (Wildman–Crippen LogP) is 5.23. The molecular formula is C26H30N4O. The van der Waals surface area contributed by atoms with Crippen LogP contribution in [0, 0.1) is 0 Å². The number of hydrogen-bond acceptors (Lipinski definition) is 3. The van der Waals surface area contributed by atoms with Crippen LogP contribution >= 0.6 is 0 Å². The molecular weight excluding hydrogens is 384 g/mol. The summed E-state index contributed by atoms with van der Waals surface area (Å²) in [5, 5.41) is 3.17. The number of aromatic amines is 1. The predicted molar refractivity (Wildman–Crippen MR) is 126 cm³/mol. The van der Waals surface area contributed by atoms with Gasteiger partial charge in [0.25, 0.3) is 5.56 Å². The second-order valence-electron chi connectivity index (χ2n) is 8.42. The number of hydrogen-bond donors (Lipinski definition) is 1. The molecule has 0 spiro atoms. The third-order valence-corrected chi connectivity index (χ3v) is 5.57. The molecule has 0 saturated carbocycles. The van der Waals surface area contributed by atoms with Crippen LogP contribution in [0.25, 0.3) is 16.9 Å². The highest BCUT2D eigenvalue weighted by atomic mass is 16.1. The van der Waals surface area contributed by atoms with Crippen LogP contribution in [0.15, 0.2) is 71.5 Å². The molecule has 160 valence electrons. The fourth-order valence-electron chi connectivity index (χ4n) is 3.91. The zero-order valence-corrected chi connectivity index (χ0v) is 18.5. The maximum absolute atomic E-state index is 12.7. The van der Waals surface area contributed by atoms with Crippen molar-refractivity contribution in [3.8, 4) is 11.3 Å². The Hall–Kier alpha value is -3.18. The average Bonchev–Trinajstić information content (AvgIpc) is 3.20. The van der Waals surface area contributed by atoms with Gasteiger partial charge in [-0.2, -0.15) is 0 Å². The first-order chi connectivity index (χ1) is 15.0. The van der Waals surface area contributed by atoms with Crippen molar-refractivity contribution in [2.24, 2.45) is 0 Å². The highest BCUT2D eigenvalue weighted by Crippen LogP contribution is 2.19. The van der Waals surface area contributed by atoms with Gasteiger partial charge in [-0.05, 0) is 35.6 Å². The van der Waals surface area contributed by atoms with E-state index in [2.05, 4.69) is 55.0 Å². The largest absolute Gasteiger partial charge is 0.293 e. The zero-order valence-electron chi connectivity index (χ0n) is 18.5. The molecule has 0 radical (unpaired) electrons. The Morgan fingerprint density at radius 3 is 2.42 bits per heavy atom. The molecule has 2 aromatic carbocycles. The Labute approximate surface area is 183 Å². The van der Waals surface area contributed by atoms with E-state index in [0.29, 0.717) is 18.1 Å². The molecule has 2 heterocycles. The summed E-state index contributed by atoms with van der Waals surface area (Å²) in [4.78, 5) is 19.8. The van der Waals surface area contributed by atoms with Crippen molar-refractivity contribution in [1.29, 1.82) is 0 Å². The van der Waals surface area contributed by atoms with Crippen LogP contribution in [-0.4, -0.2) is 26.0 Å². The number of benzene rings is 2. The van der Waals surface area contributed by atoms with Crippen molar-refractivity contribution in [3.05, 3.63) is 93.9 Å². The fourth-order valence-corrected chi connectivity index (χ4v) is 3.91. The van der Waals surface area contributed by atoms with Gasteiger partial charge < -0.3 is 0 Å². The first-order valence-electron chi connectivity index (χ1n) is 11.0. The lowest BCUT2D eigenvalue weighted by Crippen LogP contribution is -2.26. The van der Waals surface area contributed by atoms with Crippen LogP contribution in [-0.2, 0) is 13.1 Å². The number of rotatable bonds is 8. The number of fused-ring (bicyclic) bond motifs is 1. The molecule has 0 aliphatic carbocycles. The zero-order chi connectivity index (χ0) is 21.8. The van der Waals surface area contributed by atoms with Crippen LogP contribution in [0.3, 0.4) is 0 Å². The summed E-state index contributed by atoms with van der Waals surface area (Å²) in [7, 11) is 0. The Morgan fingerprint density at radius 2 is 1.74 bits per heavy atom. The highest BCUT2D eigenvalue weighted by Gasteiger charge is 2.12. The van der Waals surface area contributed by atoms with E-state index in [9.17, 15) is 4.79 Å². The van der Waals surface area contributed by atoms with Gasteiger partial charge in [0, 0.05) is 25.2 Å². The molecule has 5 nitrogen and oxygen atoms in total. The minimum absolute atomic E-state index is 0.0834. The van der Waals surface area contributed by atoms with Gasteiger partial charge in [0.15, 0.2) is 5.65 Å². The van der Waals surface area contributed by atoms with E-state index in [0.717, 1.165) is 36.5 Å². The van der Waals surface area contributed by atoms with Gasteiger partial charge in [0.2, 0.25) is 0 Å². The average molecular weight is 415 g/mol. The lowest BCUT2D eigenvalue weighted by molar-refractivity contribution is 0.254. The molecule has 1 N–H and O–H groups in total. The van der Waals surface area contributed by atoms with E-state index in [4.69, 9.17) is 4.98 Å². The molecule has 2 aromatic heterocycles. The fraction of sp³-hybridized carbons (Fsp3) is 0.308. The van der Waals surface area contributed by atoms with Crippen LogP contribution < -0.4 is 5.56 Å². The molecule has 4 aromatic rings. The summed E-state index contributed by atoms with van der Waals surface area (Å²) < 4.78 is 1.51. The first kappa shape index (κ1) is 21.1. The van der Waals surface area contributed by atoms with E-state index in [1.807, 2.05) is 36.4 Å². The molecule has 0 fully saturated rings. The summed E-state index contributed by atoms with van der Waals surface area (Å²) in [5.41, 5.74) is 5.93. The van der Waals surface area contributed by atoms with E-state index >= 15 is 0 Å². The normalized spacial score (nSPS) is 11.6. The summed E-state index contributed by atoms with van der Waals surface area (Å²) in [6.07, 6.45) is 1.05. The summed E-state index contributed by atoms with van der Waals surface area (Å²) >= 11 is 0. The monoisotopic (exact) mass is 414 g/mol. The van der Waals surface area contributed by atoms with Gasteiger partial charge in [-0.15, -0.1) is 0 Å². The summed E-state index contributed by atoms with van der Waals surface area (Å²) in [6.45, 7) is 9.05. The van der Waals surface area contributed by atoms with Gasteiger partial charge >= 0.3 is 0 Å². The van der Waals surface area contributed by atoms with Crippen LogP contribution in [0.1, 0.15) is 49.9 Å². The Balaban J connectivity index is 1.56. The topological polar surface area (TPSA) is 53.4 Å². The molecule has 0 atom stereocenters. The second-order valence-corrected chi connectivity index (χ2v) is 8.42. The molecule has 0 saturated heterocycles. The van der Waals surface area contributed by atoms with Crippen molar-refractivity contribution in [1.82, 2.24) is 19.5 Å². The van der Waals surface area contributed by atoms with E-state index < -0.39 is 0 Å². The van der Waals surface area contributed by atoms with Crippen molar-refractivity contribution >= 4 is 5.65 Å². The van der Waals surface area contributed by atoms with Crippen molar-refractivity contribution in [3.63, 3.8) is 0 Å². The quantitative estimate of drug-likeness (QED) is 0.430. The van der Waals surface area contributed by atoms with Gasteiger partial charge in [-0.25, -0.2) is 9.50 Å². The van der Waals surface area contributed by atoms with Crippen molar-refractivity contribution in [2.45, 2.75) is 46.2 Å². The standard InChI is InChI=1S/C26H30N4O/c1-4-14-29(17-20-10-12-21(13-11-20)19(2)3)18-23-15-26(31)30-25(27-23)16-24(28-30)22-8-6-5-7-9-22/h5-13,15-16,19,28H,4,14,17-18H2,1-3H3. The number of nitrogens with one attached hydrogen (secondary N) is 1. The Kier molecular flexibility index (Phi) is 6.33. The minimum Gasteiger partial charge on any atom is -0.293 e. The maximum atomic E-state index is 12.7. The van der Waals surface area contributed by atoms with Crippen LogP contribution in [0.2, 0.25) is 0 Å². The van der Waals surface area contributed by atoms with Crippen LogP contribution in [0.5, 0.6) is 0 Å². The molecule has 0 aliphatic rings. The molecule has 0 amide bonds. The SMILES string of the molecule is CCCN(Cc1ccc(C(C)C)cc1)Cc1cc(=O)n2[nH]c(-c3ccccc3)cc2n1. The Bertz CT molecular complexity index is 1190. The molecule has 0 aliphatic heterocycles. The molecule has 0 unspecified atom stereocenters. The lowest BCUT2D eigenvalue weighted by Gasteiger charge is -2.21. The molecule has 4 rings (SSSR count). The smallest absolute Gasteiger partial charge is 0.272 e. The van der Waals surface area contributed by atoms with E-state index in [1.54, 1.807) is 6.07 Å². The molecule has 0 bridgehead atoms. The van der Waals surface area contributed by atoms with E-state index in [1.165, 1.54) is 15.6 Å². The summed E-state index contributed by atoms with van der Waals surface area (Å²) in [6, 6.07) is 22.4. The highest BCUT2D eigenvalue weighted by molar-refractivity contribution is 5.63. The molecule has 5 heteroatoms. The maximum Gasteiger partial charge on any atom is 0.272 e. The van der Waals surface area contributed by atoms with Crippen molar-refractivity contribution in [2.75, 3.05) is 6.54 Å². The van der Waals surface area contributed by atoms with Crippen LogP contribution in [0.4, 0.5) is 0 Å². The van der Waals surface area contributed by atoms with Gasteiger partial charge in [0.05, 0.1) is 11.4 Å². The Morgan fingerprint density at radius 1 is 1.00 bits per heavy atom. The van der Waals surface area contributed by atoms with Gasteiger partial charge in [-0.3, -0.25) is 14.8 Å². The summed E-state index contributed by atoms with van der Waals surface area (Å²) in [5.74, 6) is 0.534. The number of H-pyrrole nitrogens is 1. The molecule has 31 heavy (non-hydrogen) atoms. The first-order valence-corrected chi connectivity index (χ1v) is 11.0. The third-order valence-electron chi connectivity index (χ3n) is 5.57. The van der Waals surface area contributed by atoms with E-state index in [-0.39, 0.29) is 5.56 Å². The van der Waals surface area contributed by atoms with Gasteiger partial charge in [-0.1, -0.05) is 75.4 Å². The minimum atomic E-state index is -0.0834. The van der Waals surface area contributed by atoms with Gasteiger partial charge in [0.1, 0.15) is 0 Å². The van der Waals surface area contributed by atoms with Crippen molar-refractivity contribution < 1.29 is 0 Å². The lowest BCUT2D eigenvalue weighted by atomic mass is 10.0. The third kappa shape index (κ3) is 4.94. The number of aromatic nitrogens is 3. The number of nitrogens with zero attached hydrogens (tertiary/aromatic N) is 3. The second kappa shape index (κ2) is 9.31.